The van der Waals surface area contributed by atoms with Crippen LogP contribution in [0.1, 0.15) is 89.4 Å². The first kappa shape index (κ1) is 49.7. The Labute approximate surface area is 430 Å². The summed E-state index contributed by atoms with van der Waals surface area (Å²) in [6.07, 6.45) is 3.67. The monoisotopic (exact) mass is 1000 g/mol. The van der Waals surface area contributed by atoms with Gasteiger partial charge in [0.15, 0.2) is 23.0 Å². The minimum atomic E-state index is -0.740. The van der Waals surface area contributed by atoms with E-state index in [4.69, 9.17) is 38.3 Å². The van der Waals surface area contributed by atoms with Crippen molar-refractivity contribution < 1.29 is 57.2 Å². The summed E-state index contributed by atoms with van der Waals surface area (Å²) >= 11 is 0. The van der Waals surface area contributed by atoms with Gasteiger partial charge in [0, 0.05) is 61.3 Å². The number of nitrogens with one attached hydrogen (secondary N) is 1. The van der Waals surface area contributed by atoms with Crippen LogP contribution < -0.4 is 38.8 Å². The first-order valence-corrected chi connectivity index (χ1v) is 25.0. The Bertz CT molecular complexity index is 3090. The van der Waals surface area contributed by atoms with Gasteiger partial charge in [0.25, 0.3) is 23.6 Å². The quantitative estimate of drug-likeness (QED) is 0.0673. The number of carbonyl (C=O) groups is 5. The van der Waals surface area contributed by atoms with Crippen molar-refractivity contribution in [2.75, 3.05) is 42.5 Å². The number of para-hydroxylation sites is 2. The van der Waals surface area contributed by atoms with Gasteiger partial charge in [0.1, 0.15) is 32.4 Å². The number of amides is 4. The minimum Gasteiger partial charge on any atom is -0.493 e. The normalized spacial score (nSPS) is 18.8. The molecule has 5 aliphatic rings. The van der Waals surface area contributed by atoms with Crippen LogP contribution in [0.25, 0.3) is 0 Å². The molecule has 5 aromatic rings. The molecule has 5 heterocycles. The summed E-state index contributed by atoms with van der Waals surface area (Å²) in [5.41, 5.74) is 6.80. The maximum atomic E-state index is 14.1. The molecule has 74 heavy (non-hydrogen) atoms. The van der Waals surface area contributed by atoms with E-state index in [2.05, 4.69) is 11.4 Å². The van der Waals surface area contributed by atoms with E-state index in [-0.39, 0.29) is 56.1 Å². The number of methoxy groups -OCH3 is 2. The summed E-state index contributed by atoms with van der Waals surface area (Å²) in [7, 11) is 4.70. The lowest BCUT2D eigenvalue weighted by Gasteiger charge is -2.28. The van der Waals surface area contributed by atoms with Gasteiger partial charge < -0.3 is 43.5 Å². The second-order valence-corrected chi connectivity index (χ2v) is 20.0. The van der Waals surface area contributed by atoms with Crippen LogP contribution in [-0.4, -0.2) is 99.9 Å². The van der Waals surface area contributed by atoms with Crippen LogP contribution in [0.3, 0.4) is 0 Å². The third kappa shape index (κ3) is 10.1. The average Bonchev–Trinajstić information content (AvgIpc) is 3.97. The molecule has 1 saturated heterocycles. The lowest BCUT2D eigenvalue weighted by Crippen LogP contribution is -2.39. The van der Waals surface area contributed by atoms with E-state index >= 15 is 0 Å². The zero-order chi connectivity index (χ0) is 51.8. The van der Waals surface area contributed by atoms with Gasteiger partial charge >= 0.3 is 5.97 Å². The molecule has 1 N–H and O–H groups in total. The minimum absolute atomic E-state index is 0.0135. The summed E-state index contributed by atoms with van der Waals surface area (Å²) < 4.78 is 37.4. The van der Waals surface area contributed by atoms with Crippen LogP contribution in [0.5, 0.6) is 28.7 Å². The zero-order valence-electron chi connectivity index (χ0n) is 42.3. The van der Waals surface area contributed by atoms with Crippen molar-refractivity contribution in [2.45, 2.75) is 102 Å². The summed E-state index contributed by atoms with van der Waals surface area (Å²) in [5, 5.41) is 4.07. The lowest BCUT2D eigenvalue weighted by molar-refractivity contribution is -0.197. The fourth-order valence-electron chi connectivity index (χ4n) is 10.2. The van der Waals surface area contributed by atoms with E-state index in [1.165, 1.54) is 7.11 Å². The lowest BCUT2D eigenvalue weighted by atomic mass is 9.86. The molecule has 0 aliphatic carbocycles. The van der Waals surface area contributed by atoms with E-state index in [9.17, 15) is 24.0 Å². The molecule has 4 amide bonds. The second-order valence-electron chi connectivity index (χ2n) is 20.0. The van der Waals surface area contributed by atoms with Crippen molar-refractivity contribution in [2.24, 2.45) is 4.99 Å². The maximum Gasteiger partial charge on any atom is 0.333 e. The number of carbonyl (C=O) groups excluding carboxylic acids is 5. The Morgan fingerprint density at radius 1 is 0.784 bits per heavy atom. The zero-order valence-corrected chi connectivity index (χ0v) is 42.3. The van der Waals surface area contributed by atoms with Gasteiger partial charge in [0.05, 0.1) is 67.9 Å². The van der Waals surface area contributed by atoms with Crippen LogP contribution >= 0.6 is 0 Å². The van der Waals surface area contributed by atoms with Crippen molar-refractivity contribution in [3.63, 3.8) is 0 Å². The first-order chi connectivity index (χ1) is 35.7. The highest BCUT2D eigenvalue weighted by Crippen LogP contribution is 2.43. The molecule has 0 spiro atoms. The van der Waals surface area contributed by atoms with E-state index in [1.807, 2.05) is 98.6 Å². The SMILES string of the molecule is BC1CC(=O)N(OC(=O)CCC(C)OCCC(C)(C)Oc2cc(COc3cc4c(cc3OC)C(=O)N3c5ccccc5C[C@H]3C=N4)cc(COc3cc4c(cc3OC)C(=O)N3c5ccccc5C[C@H]3CN4)c2)C1=O. The van der Waals surface area contributed by atoms with Gasteiger partial charge in [-0.2, -0.15) is 0 Å². The predicted octanol–water partition coefficient (Wildman–Crippen LogP) is 7.52. The number of benzene rings is 5. The van der Waals surface area contributed by atoms with E-state index in [1.54, 1.807) is 38.1 Å². The van der Waals surface area contributed by atoms with Gasteiger partial charge in [-0.25, -0.2) is 4.79 Å². The molecule has 4 atom stereocenters. The van der Waals surface area contributed by atoms with Crippen molar-refractivity contribution in [1.29, 1.82) is 0 Å². The Morgan fingerprint density at radius 2 is 1.42 bits per heavy atom. The molecule has 382 valence electrons. The van der Waals surface area contributed by atoms with Crippen molar-refractivity contribution >= 4 is 66.4 Å². The van der Waals surface area contributed by atoms with Crippen LogP contribution in [0.2, 0.25) is 5.82 Å². The Hall–Kier alpha value is -7.86. The van der Waals surface area contributed by atoms with Crippen LogP contribution in [0.4, 0.5) is 22.7 Å². The number of fused-ring (bicyclic) bond motifs is 8. The van der Waals surface area contributed by atoms with Gasteiger partial charge in [-0.05, 0) is 98.3 Å². The van der Waals surface area contributed by atoms with Gasteiger partial charge in [-0.3, -0.25) is 29.1 Å². The summed E-state index contributed by atoms with van der Waals surface area (Å²) in [6, 6.07) is 28.3. The van der Waals surface area contributed by atoms with E-state index < -0.39 is 29.2 Å². The third-order valence-corrected chi connectivity index (χ3v) is 14.1. The Kier molecular flexibility index (Phi) is 13.8. The molecule has 2 unspecified atom stereocenters. The summed E-state index contributed by atoms with van der Waals surface area (Å²) in [4.78, 5) is 78.5. The number of hydroxylamine groups is 2. The number of ether oxygens (including phenoxy) is 6. The van der Waals surface area contributed by atoms with E-state index in [0.717, 1.165) is 40.0 Å². The van der Waals surface area contributed by atoms with Gasteiger partial charge in [0.2, 0.25) is 0 Å². The largest absolute Gasteiger partial charge is 0.493 e. The number of rotatable bonds is 18. The number of imide groups is 1. The maximum absolute atomic E-state index is 14.1. The second kappa shape index (κ2) is 20.6. The van der Waals surface area contributed by atoms with Crippen LogP contribution in [0, 0.1) is 0 Å². The molecule has 0 saturated carbocycles. The number of hydrogen-bond acceptors (Lipinski definition) is 14. The number of nitrogens with zero attached hydrogens (tertiary/aromatic N) is 4. The first-order valence-electron chi connectivity index (χ1n) is 25.0. The molecule has 0 radical (unpaired) electrons. The molecule has 17 nitrogen and oxygen atoms in total. The standard InChI is InChI=1S/C56H58BN5O12/c1-32(14-15-52(64)74-62-51(63)25-42(57)55(62)67)70-17-16-56(2,3)73-39-19-33(30-71-49-26-43-40(23-47(49)68-4)53(65)60-37(28-58-43)21-35-10-6-8-12-45(35)60)18-34(20-39)31-72-50-27-44-41(24-48(50)69-5)54(66)61-38(29-59-44)22-36-11-7-9-13-46(36)61/h6-13,18-20,23-24,26-28,32,37-38,42,59H,14-17,21-22,25,29-31,57H2,1-5H3/t32?,37-,38-,42?/m0/s1. The third-order valence-electron chi connectivity index (χ3n) is 14.1. The predicted molar refractivity (Wildman–Crippen MR) is 278 cm³/mol. The Balaban J connectivity index is 0.855. The van der Waals surface area contributed by atoms with E-state index in [0.29, 0.717) is 88.7 Å². The molecule has 1 fully saturated rings. The van der Waals surface area contributed by atoms with Crippen molar-refractivity contribution in [3.8, 4) is 28.7 Å². The molecule has 0 bridgehead atoms. The smallest absolute Gasteiger partial charge is 0.333 e. The molecule has 0 aromatic heterocycles. The van der Waals surface area contributed by atoms with Gasteiger partial charge in [-0.15, -0.1) is 5.06 Å². The molecular weight excluding hydrogens is 945 g/mol. The average molecular weight is 1000 g/mol. The van der Waals surface area contributed by atoms with Crippen molar-refractivity contribution in [3.05, 3.63) is 124 Å². The summed E-state index contributed by atoms with van der Waals surface area (Å²) in [6.45, 7) is 6.78. The molecule has 5 aromatic carbocycles. The summed E-state index contributed by atoms with van der Waals surface area (Å²) in [5.74, 6) is -0.365. The Morgan fingerprint density at radius 3 is 2.09 bits per heavy atom. The van der Waals surface area contributed by atoms with Crippen LogP contribution in [-0.2, 0) is 50.0 Å². The molecule has 5 aliphatic heterocycles. The fourth-order valence-corrected chi connectivity index (χ4v) is 10.2. The molecular formula is C56H58BN5O12. The fraction of sp³-hybridized carbons (Fsp3) is 0.357. The topological polar surface area (TPSA) is 184 Å². The number of aliphatic imine (C=N–C) groups is 1. The highest BCUT2D eigenvalue weighted by atomic mass is 16.7. The molecule has 18 heteroatoms. The highest BCUT2D eigenvalue weighted by Gasteiger charge is 2.40. The van der Waals surface area contributed by atoms with Crippen LogP contribution in [0.15, 0.2) is 96.0 Å². The van der Waals surface area contributed by atoms with Gasteiger partial charge in [-0.1, -0.05) is 36.4 Å². The number of anilines is 3. The highest BCUT2D eigenvalue weighted by molar-refractivity contribution is 6.29. The number of hydrogen-bond donors (Lipinski definition) is 1. The van der Waals surface area contributed by atoms with Crippen molar-refractivity contribution in [1.82, 2.24) is 5.06 Å². The molecule has 10 rings (SSSR count).